The molecule has 1 amide bonds. The van der Waals surface area contributed by atoms with Crippen molar-refractivity contribution >= 4 is 11.6 Å². The number of H-pyrrole nitrogens is 1. The fraction of sp³-hybridized carbons (Fsp3) is 0.667. The first-order chi connectivity index (χ1) is 8.18. The van der Waals surface area contributed by atoms with E-state index in [2.05, 4.69) is 22.4 Å². The summed E-state index contributed by atoms with van der Waals surface area (Å²) in [5.74, 6) is 1.14. The first-order valence-electron chi connectivity index (χ1n) is 6.25. The van der Waals surface area contributed by atoms with Crippen molar-refractivity contribution in [2.75, 3.05) is 12.3 Å². The van der Waals surface area contributed by atoms with Gasteiger partial charge in [0.25, 0.3) is 5.91 Å². The molecule has 0 aromatic carbocycles. The molecule has 5 heteroatoms. The van der Waals surface area contributed by atoms with Gasteiger partial charge in [-0.1, -0.05) is 26.2 Å². The third kappa shape index (κ3) is 2.78. The Hall–Kier alpha value is -1.52. The number of amides is 1. The highest BCUT2D eigenvalue weighted by Crippen LogP contribution is 2.28. The average molecular weight is 236 g/mol. The fourth-order valence-corrected chi connectivity index (χ4v) is 2.49. The van der Waals surface area contributed by atoms with E-state index in [1.807, 2.05) is 0 Å². The van der Waals surface area contributed by atoms with E-state index in [1.165, 1.54) is 31.9 Å². The van der Waals surface area contributed by atoms with Gasteiger partial charge in [-0.15, -0.1) is 0 Å². The zero-order chi connectivity index (χ0) is 12.3. The van der Waals surface area contributed by atoms with E-state index in [0.717, 1.165) is 6.54 Å². The van der Waals surface area contributed by atoms with Gasteiger partial charge in [0, 0.05) is 6.54 Å². The molecule has 2 rings (SSSR count). The van der Waals surface area contributed by atoms with Crippen molar-refractivity contribution in [2.24, 2.45) is 11.8 Å². The zero-order valence-electron chi connectivity index (χ0n) is 10.2. The normalized spacial score (nSPS) is 24.5. The standard InChI is InChI=1S/C12H20N4O/c1-8-4-2-3-5-9(8)6-14-12(17)11-10(13)7-15-16-11/h7-9H,2-6,13H2,1H3,(H,14,17)(H,15,16). The number of hydrogen-bond donors (Lipinski definition) is 3. The Balaban J connectivity index is 1.86. The summed E-state index contributed by atoms with van der Waals surface area (Å²) in [6.07, 6.45) is 6.53. The van der Waals surface area contributed by atoms with Crippen LogP contribution in [0, 0.1) is 11.8 Å². The van der Waals surface area contributed by atoms with Gasteiger partial charge >= 0.3 is 0 Å². The summed E-state index contributed by atoms with van der Waals surface area (Å²) in [5, 5.41) is 9.29. The number of nitrogens with zero attached hydrogens (tertiary/aromatic N) is 1. The number of anilines is 1. The maximum absolute atomic E-state index is 11.8. The molecule has 0 saturated heterocycles. The molecular weight excluding hydrogens is 216 g/mol. The van der Waals surface area contributed by atoms with Gasteiger partial charge in [0.05, 0.1) is 11.9 Å². The van der Waals surface area contributed by atoms with Gasteiger partial charge in [0.15, 0.2) is 0 Å². The van der Waals surface area contributed by atoms with Crippen molar-refractivity contribution in [3.8, 4) is 0 Å². The van der Waals surface area contributed by atoms with Crippen LogP contribution in [0.4, 0.5) is 5.69 Å². The molecule has 1 saturated carbocycles. The van der Waals surface area contributed by atoms with Gasteiger partial charge in [0.1, 0.15) is 5.69 Å². The zero-order valence-corrected chi connectivity index (χ0v) is 10.2. The van der Waals surface area contributed by atoms with Crippen LogP contribution in [-0.4, -0.2) is 22.6 Å². The third-order valence-electron chi connectivity index (χ3n) is 3.71. The summed E-state index contributed by atoms with van der Waals surface area (Å²) >= 11 is 0. The van der Waals surface area contributed by atoms with Gasteiger partial charge in [-0.2, -0.15) is 5.10 Å². The second kappa shape index (κ2) is 5.21. The third-order valence-corrected chi connectivity index (χ3v) is 3.71. The molecule has 1 aliphatic carbocycles. The first kappa shape index (κ1) is 12.0. The van der Waals surface area contributed by atoms with Crippen molar-refractivity contribution in [2.45, 2.75) is 32.6 Å². The minimum atomic E-state index is -0.155. The number of hydrogen-bond acceptors (Lipinski definition) is 3. The Labute approximate surface area is 101 Å². The topological polar surface area (TPSA) is 83.8 Å². The maximum Gasteiger partial charge on any atom is 0.271 e. The van der Waals surface area contributed by atoms with Crippen LogP contribution in [0.5, 0.6) is 0 Å². The summed E-state index contributed by atoms with van der Waals surface area (Å²) in [6, 6.07) is 0. The number of aromatic amines is 1. The number of nitrogens with two attached hydrogens (primary N) is 1. The van der Waals surface area contributed by atoms with E-state index in [-0.39, 0.29) is 5.91 Å². The number of aromatic nitrogens is 2. The Morgan fingerprint density at radius 3 is 3.00 bits per heavy atom. The highest BCUT2D eigenvalue weighted by atomic mass is 16.1. The summed E-state index contributed by atoms with van der Waals surface area (Å²) < 4.78 is 0. The van der Waals surface area contributed by atoms with Gasteiger partial charge in [0.2, 0.25) is 0 Å². The van der Waals surface area contributed by atoms with Crippen molar-refractivity contribution in [3.63, 3.8) is 0 Å². The molecule has 2 atom stereocenters. The number of nitrogen functional groups attached to an aromatic ring is 1. The van der Waals surface area contributed by atoms with E-state index in [4.69, 9.17) is 5.73 Å². The van der Waals surface area contributed by atoms with Crippen molar-refractivity contribution in [1.82, 2.24) is 15.5 Å². The van der Waals surface area contributed by atoms with E-state index < -0.39 is 0 Å². The summed E-state index contributed by atoms with van der Waals surface area (Å²) in [5.41, 5.74) is 6.39. The molecular formula is C12H20N4O. The second-order valence-electron chi connectivity index (χ2n) is 4.93. The summed E-state index contributed by atoms with van der Waals surface area (Å²) in [6.45, 7) is 3.00. The highest BCUT2D eigenvalue weighted by Gasteiger charge is 2.22. The molecule has 0 bridgehead atoms. The van der Waals surface area contributed by atoms with Gasteiger partial charge in [-0.25, -0.2) is 0 Å². The molecule has 0 spiro atoms. The maximum atomic E-state index is 11.8. The first-order valence-corrected chi connectivity index (χ1v) is 6.25. The lowest BCUT2D eigenvalue weighted by molar-refractivity contribution is 0.0932. The predicted molar refractivity (Wildman–Crippen MR) is 66.5 cm³/mol. The molecule has 2 unspecified atom stereocenters. The van der Waals surface area contributed by atoms with Crippen molar-refractivity contribution < 1.29 is 4.79 Å². The van der Waals surface area contributed by atoms with E-state index in [1.54, 1.807) is 0 Å². The van der Waals surface area contributed by atoms with Gasteiger partial charge < -0.3 is 11.1 Å². The lowest BCUT2D eigenvalue weighted by Gasteiger charge is -2.28. The lowest BCUT2D eigenvalue weighted by atomic mass is 9.80. The molecule has 1 aliphatic rings. The highest BCUT2D eigenvalue weighted by molar-refractivity contribution is 5.96. The molecule has 0 aliphatic heterocycles. The Bertz CT molecular complexity index is 388. The van der Waals surface area contributed by atoms with Crippen LogP contribution in [0.2, 0.25) is 0 Å². The van der Waals surface area contributed by atoms with Crippen molar-refractivity contribution in [1.29, 1.82) is 0 Å². The summed E-state index contributed by atoms with van der Waals surface area (Å²) in [7, 11) is 0. The molecule has 5 nitrogen and oxygen atoms in total. The number of nitrogens with one attached hydrogen (secondary N) is 2. The van der Waals surface area contributed by atoms with Crippen LogP contribution < -0.4 is 11.1 Å². The van der Waals surface area contributed by atoms with Crippen molar-refractivity contribution in [3.05, 3.63) is 11.9 Å². The monoisotopic (exact) mass is 236 g/mol. The number of carbonyl (C=O) groups excluding carboxylic acids is 1. The van der Waals surface area contributed by atoms with E-state index >= 15 is 0 Å². The summed E-state index contributed by atoms with van der Waals surface area (Å²) in [4.78, 5) is 11.8. The SMILES string of the molecule is CC1CCCCC1CNC(=O)c1[nH]ncc1N. The quantitative estimate of drug-likeness (QED) is 0.744. The van der Waals surface area contributed by atoms with Crippen LogP contribution in [0.1, 0.15) is 43.1 Å². The van der Waals surface area contributed by atoms with E-state index in [0.29, 0.717) is 23.2 Å². The van der Waals surface area contributed by atoms with Gasteiger partial charge in [-0.05, 0) is 18.3 Å². The smallest absolute Gasteiger partial charge is 0.271 e. The molecule has 1 heterocycles. The van der Waals surface area contributed by atoms with E-state index in [9.17, 15) is 4.79 Å². The Morgan fingerprint density at radius 1 is 1.59 bits per heavy atom. The molecule has 1 fully saturated rings. The molecule has 94 valence electrons. The van der Waals surface area contributed by atoms with Crippen LogP contribution in [-0.2, 0) is 0 Å². The van der Waals surface area contributed by atoms with Crippen LogP contribution in [0.15, 0.2) is 6.20 Å². The minimum Gasteiger partial charge on any atom is -0.396 e. The molecule has 4 N–H and O–H groups in total. The van der Waals surface area contributed by atoms with Crippen LogP contribution >= 0.6 is 0 Å². The van der Waals surface area contributed by atoms with Gasteiger partial charge in [-0.3, -0.25) is 9.89 Å². The number of carbonyl (C=O) groups is 1. The largest absolute Gasteiger partial charge is 0.396 e. The fourth-order valence-electron chi connectivity index (χ4n) is 2.49. The second-order valence-corrected chi connectivity index (χ2v) is 4.93. The van der Waals surface area contributed by atoms with Crippen LogP contribution in [0.3, 0.4) is 0 Å². The molecule has 1 aromatic rings. The number of rotatable bonds is 3. The Morgan fingerprint density at radius 2 is 2.35 bits per heavy atom. The molecule has 17 heavy (non-hydrogen) atoms. The lowest BCUT2D eigenvalue weighted by Crippen LogP contribution is -2.33. The average Bonchev–Trinajstić information content (AvgIpc) is 2.74. The van der Waals surface area contributed by atoms with Crippen LogP contribution in [0.25, 0.3) is 0 Å². The minimum absolute atomic E-state index is 0.155. The molecule has 0 radical (unpaired) electrons. The molecule has 1 aromatic heterocycles. The predicted octanol–water partition coefficient (Wildman–Crippen LogP) is 1.55. The Kier molecular flexibility index (Phi) is 3.66.